The Morgan fingerprint density at radius 1 is 1.07 bits per heavy atom. The first-order valence-electron chi connectivity index (χ1n) is 19.0. The van der Waals surface area contributed by atoms with E-state index >= 15 is 0 Å². The topological polar surface area (TPSA) is 181 Å². The number of alkyl carbamates (subject to hydrolysis) is 1. The van der Waals surface area contributed by atoms with Crippen LogP contribution in [0.3, 0.4) is 0 Å². The Morgan fingerprint density at radius 3 is 2.44 bits per heavy atom. The zero-order valence-electron chi connectivity index (χ0n) is 31.3. The van der Waals surface area contributed by atoms with E-state index in [1.54, 1.807) is 32.9 Å². The molecule has 5 atom stereocenters. The third-order valence-corrected chi connectivity index (χ3v) is 13.5. The number of fused-ring (bicyclic) bond motifs is 3. The van der Waals surface area contributed by atoms with E-state index in [2.05, 4.69) is 21.9 Å². The van der Waals surface area contributed by atoms with E-state index < -0.39 is 79.8 Å². The first-order chi connectivity index (χ1) is 25.5. The molecule has 0 spiro atoms. The van der Waals surface area contributed by atoms with Gasteiger partial charge in [0.2, 0.25) is 21.8 Å². The van der Waals surface area contributed by atoms with Gasteiger partial charge in [-0.1, -0.05) is 50.3 Å². The molecule has 6 rings (SSSR count). The SMILES string of the molecule is C=CCC1(S(=O)(=O)NC(=O)[C@@]23C[C@@H]2CCCCCCC[C@H](NC(=O)OC(C)(C)C)C(=O)N2C[C@H](OC(=O)N4Cc5cccc(F)c5C4)C[C@H]2C(=O)N3)CC1. The smallest absolute Gasteiger partial charge is 0.410 e. The summed E-state index contributed by atoms with van der Waals surface area (Å²) in [6, 6.07) is 2.32. The lowest BCUT2D eigenvalue weighted by Gasteiger charge is -2.30. The first-order valence-corrected chi connectivity index (χ1v) is 20.5. The Labute approximate surface area is 316 Å². The van der Waals surface area contributed by atoms with Crippen LogP contribution in [0, 0.1) is 11.7 Å². The van der Waals surface area contributed by atoms with Crippen molar-refractivity contribution in [2.45, 2.75) is 145 Å². The van der Waals surface area contributed by atoms with Gasteiger partial charge in [0.05, 0.1) is 17.8 Å². The second kappa shape index (κ2) is 15.1. The second-order valence-corrected chi connectivity index (χ2v) is 18.6. The third-order valence-electron chi connectivity index (χ3n) is 11.3. The number of allylic oxidation sites excluding steroid dienone is 1. The number of nitrogens with zero attached hydrogens (tertiary/aromatic N) is 2. The van der Waals surface area contributed by atoms with Crippen LogP contribution in [0.25, 0.3) is 0 Å². The Balaban J connectivity index is 1.25. The number of halogens is 1. The van der Waals surface area contributed by atoms with Crippen molar-refractivity contribution < 1.29 is 46.3 Å². The molecule has 1 aromatic rings. The fourth-order valence-corrected chi connectivity index (χ4v) is 9.67. The number of nitrogens with one attached hydrogen (secondary N) is 3. The lowest BCUT2D eigenvalue weighted by atomic mass is 10.0. The number of carbonyl (C=O) groups excluding carboxylic acids is 5. The maximum atomic E-state index is 14.4. The zero-order valence-corrected chi connectivity index (χ0v) is 32.1. The molecule has 296 valence electrons. The Bertz CT molecular complexity index is 1790. The molecule has 5 amide bonds. The summed E-state index contributed by atoms with van der Waals surface area (Å²) in [6.45, 7) is 8.70. The van der Waals surface area contributed by atoms with Gasteiger partial charge in [-0.15, -0.1) is 6.58 Å². The second-order valence-electron chi connectivity index (χ2n) is 16.5. The molecule has 0 aromatic heterocycles. The van der Waals surface area contributed by atoms with Gasteiger partial charge >= 0.3 is 12.2 Å². The van der Waals surface area contributed by atoms with Crippen molar-refractivity contribution in [3.05, 3.63) is 47.8 Å². The highest BCUT2D eigenvalue weighted by molar-refractivity contribution is 7.91. The molecule has 5 aliphatic rings. The first kappa shape index (κ1) is 39.5. The van der Waals surface area contributed by atoms with Gasteiger partial charge in [-0.05, 0) is 76.8 Å². The summed E-state index contributed by atoms with van der Waals surface area (Å²) in [7, 11) is -4.09. The average molecular weight is 774 g/mol. The molecule has 3 N–H and O–H groups in total. The molecule has 0 bridgehead atoms. The minimum Gasteiger partial charge on any atom is -0.444 e. The van der Waals surface area contributed by atoms with Crippen molar-refractivity contribution in [2.24, 2.45) is 5.92 Å². The summed E-state index contributed by atoms with van der Waals surface area (Å²) in [5.74, 6) is -2.86. The molecular weight excluding hydrogens is 722 g/mol. The average Bonchev–Trinajstić information content (AvgIpc) is 3.91. The number of hydrogen-bond acceptors (Lipinski definition) is 9. The summed E-state index contributed by atoms with van der Waals surface area (Å²) < 4.78 is 53.8. The summed E-state index contributed by atoms with van der Waals surface area (Å²) >= 11 is 0. The molecule has 2 aliphatic carbocycles. The largest absolute Gasteiger partial charge is 0.444 e. The highest BCUT2D eigenvalue weighted by Crippen LogP contribution is 2.50. The van der Waals surface area contributed by atoms with Gasteiger partial charge in [0.15, 0.2) is 0 Å². The van der Waals surface area contributed by atoms with Crippen molar-refractivity contribution in [3.63, 3.8) is 0 Å². The van der Waals surface area contributed by atoms with Gasteiger partial charge < -0.3 is 25.0 Å². The van der Waals surface area contributed by atoms with Crippen LogP contribution in [0.1, 0.15) is 109 Å². The van der Waals surface area contributed by atoms with E-state index in [4.69, 9.17) is 9.47 Å². The number of sulfonamides is 1. The molecule has 0 unspecified atom stereocenters. The highest BCUT2D eigenvalue weighted by Gasteiger charge is 2.64. The van der Waals surface area contributed by atoms with E-state index in [1.807, 2.05) is 0 Å². The molecule has 3 heterocycles. The van der Waals surface area contributed by atoms with Crippen molar-refractivity contribution in [2.75, 3.05) is 6.54 Å². The van der Waals surface area contributed by atoms with E-state index in [0.717, 1.165) is 25.7 Å². The number of benzene rings is 1. The highest BCUT2D eigenvalue weighted by atomic mass is 32.2. The molecule has 4 fully saturated rings. The minimum absolute atomic E-state index is 0.00197. The van der Waals surface area contributed by atoms with Crippen molar-refractivity contribution in [1.29, 1.82) is 0 Å². The molecule has 2 saturated heterocycles. The quantitative estimate of drug-likeness (QED) is 0.341. The van der Waals surface area contributed by atoms with Gasteiger partial charge in [0.1, 0.15) is 35.1 Å². The maximum Gasteiger partial charge on any atom is 0.410 e. The van der Waals surface area contributed by atoms with Crippen LogP contribution >= 0.6 is 0 Å². The normalized spacial score (nSPS) is 28.2. The monoisotopic (exact) mass is 773 g/mol. The molecule has 3 aliphatic heterocycles. The van der Waals surface area contributed by atoms with E-state index in [9.17, 15) is 36.8 Å². The molecule has 14 nitrogen and oxygen atoms in total. The molecule has 1 aromatic carbocycles. The molecule has 0 radical (unpaired) electrons. The van der Waals surface area contributed by atoms with Gasteiger partial charge in [0, 0.05) is 18.5 Å². The van der Waals surface area contributed by atoms with Crippen LogP contribution in [0.15, 0.2) is 30.9 Å². The van der Waals surface area contributed by atoms with Crippen LogP contribution in [0.5, 0.6) is 0 Å². The predicted octanol–water partition coefficient (Wildman–Crippen LogP) is 4.31. The fourth-order valence-electron chi connectivity index (χ4n) is 8.05. The number of rotatable bonds is 7. The van der Waals surface area contributed by atoms with Crippen molar-refractivity contribution in [1.82, 2.24) is 25.2 Å². The van der Waals surface area contributed by atoms with Gasteiger partial charge in [-0.25, -0.2) is 22.4 Å². The molecule has 2 saturated carbocycles. The fraction of sp³-hybridized carbons (Fsp3) is 0.658. The number of amides is 5. The van der Waals surface area contributed by atoms with E-state index in [-0.39, 0.29) is 51.2 Å². The van der Waals surface area contributed by atoms with Crippen LogP contribution < -0.4 is 15.4 Å². The number of hydrogen-bond donors (Lipinski definition) is 3. The van der Waals surface area contributed by atoms with Crippen LogP contribution in [-0.2, 0) is 47.0 Å². The van der Waals surface area contributed by atoms with Crippen LogP contribution in [-0.4, -0.2) is 88.7 Å². The van der Waals surface area contributed by atoms with Gasteiger partial charge in [-0.3, -0.25) is 24.0 Å². The van der Waals surface area contributed by atoms with Crippen molar-refractivity contribution in [3.8, 4) is 0 Å². The van der Waals surface area contributed by atoms with Crippen molar-refractivity contribution >= 4 is 39.9 Å². The lowest BCUT2D eigenvalue weighted by molar-refractivity contribution is -0.141. The number of ether oxygens (including phenoxy) is 2. The maximum absolute atomic E-state index is 14.4. The Morgan fingerprint density at radius 2 is 1.78 bits per heavy atom. The predicted molar refractivity (Wildman–Crippen MR) is 194 cm³/mol. The standard InChI is InChI=1S/C38H52FN5O9S/c1-5-16-37(17-18-37)54(50,51)42-33(47)38-20-25(38)13-9-7-6-8-10-15-29(40-34(48)53-36(2,3)4)32(46)44-22-26(19-30(44)31(45)41-38)52-35(49)43-21-24-12-11-14-28(39)27(24)23-43/h5,11-12,14,25-26,29-30H,1,6-10,13,15-23H2,2-4H3,(H,40,48)(H,41,45)(H,42,47)/t25-,26+,29-,30-,38+/m0/s1. The van der Waals surface area contributed by atoms with Gasteiger partial charge in [0.25, 0.3) is 5.91 Å². The third kappa shape index (κ3) is 8.37. The minimum atomic E-state index is -4.09. The summed E-state index contributed by atoms with van der Waals surface area (Å²) in [6.07, 6.45) is 4.71. The summed E-state index contributed by atoms with van der Waals surface area (Å²) in [5, 5.41) is 5.54. The summed E-state index contributed by atoms with van der Waals surface area (Å²) in [5.41, 5.74) is -1.31. The van der Waals surface area contributed by atoms with E-state index in [0.29, 0.717) is 36.8 Å². The number of carbonyl (C=O) groups is 5. The Kier molecular flexibility index (Phi) is 11.1. The van der Waals surface area contributed by atoms with Gasteiger partial charge in [-0.2, -0.15) is 0 Å². The molecule has 54 heavy (non-hydrogen) atoms. The zero-order chi connectivity index (χ0) is 39.1. The molecular formula is C38H52FN5O9S. The Hall–Kier alpha value is -4.21. The van der Waals surface area contributed by atoms with E-state index in [1.165, 1.54) is 21.9 Å². The van der Waals surface area contributed by atoms with Crippen LogP contribution in [0.4, 0.5) is 14.0 Å². The molecule has 16 heteroatoms. The van der Waals surface area contributed by atoms with Crippen LogP contribution in [0.2, 0.25) is 0 Å². The lowest BCUT2D eigenvalue weighted by Crippen LogP contribution is -2.59. The summed E-state index contributed by atoms with van der Waals surface area (Å²) in [4.78, 5) is 71.6.